The number of likely N-dealkylation sites (N-methyl/N-ethyl adjacent to an activating group) is 1. The first-order valence-electron chi connectivity index (χ1n) is 16.3. The topological polar surface area (TPSA) is 143 Å². The van der Waals surface area contributed by atoms with Gasteiger partial charge in [0.05, 0.1) is 12.0 Å². The smallest absolute Gasteiger partial charge is 0.451 e. The molecule has 0 unspecified atom stereocenters. The molecule has 276 valence electrons. The molecule has 2 aliphatic rings. The van der Waals surface area contributed by atoms with Crippen molar-refractivity contribution in [3.63, 3.8) is 0 Å². The van der Waals surface area contributed by atoms with E-state index in [2.05, 4.69) is 25.9 Å². The van der Waals surface area contributed by atoms with E-state index in [0.29, 0.717) is 50.9 Å². The Morgan fingerprint density at radius 3 is 2.14 bits per heavy atom. The van der Waals surface area contributed by atoms with E-state index >= 15 is 0 Å². The summed E-state index contributed by atoms with van der Waals surface area (Å²) in [4.78, 5) is 48.8. The van der Waals surface area contributed by atoms with Crippen molar-refractivity contribution in [1.82, 2.24) is 30.8 Å². The Labute approximate surface area is 285 Å². The highest BCUT2D eigenvalue weighted by atomic mass is 19.4. The van der Waals surface area contributed by atoms with Crippen LogP contribution >= 0.6 is 0 Å². The number of rotatable bonds is 13. The van der Waals surface area contributed by atoms with E-state index in [-0.39, 0.29) is 56.1 Å². The molecule has 1 aromatic heterocycles. The van der Waals surface area contributed by atoms with E-state index in [9.17, 15) is 40.7 Å². The molecule has 2 aliphatic heterocycles. The molecule has 0 spiro atoms. The highest BCUT2D eigenvalue weighted by Crippen LogP contribution is 2.35. The first-order valence-corrected chi connectivity index (χ1v) is 16.3. The van der Waals surface area contributed by atoms with Crippen LogP contribution in [0.5, 0.6) is 0 Å². The molecule has 2 aromatic rings. The fourth-order valence-corrected chi connectivity index (χ4v) is 6.04. The van der Waals surface area contributed by atoms with Crippen molar-refractivity contribution in [3.8, 4) is 0 Å². The van der Waals surface area contributed by atoms with Gasteiger partial charge in [-0.2, -0.15) is 26.3 Å². The normalized spacial score (nSPS) is 18.7. The lowest BCUT2D eigenvalue weighted by molar-refractivity contribution is -0.145. The molecule has 0 saturated carbocycles. The highest BCUT2D eigenvalue weighted by molar-refractivity contribution is 5.86. The minimum atomic E-state index is -4.85. The van der Waals surface area contributed by atoms with Gasteiger partial charge < -0.3 is 35.8 Å². The maximum Gasteiger partial charge on any atom is 0.451 e. The largest absolute Gasteiger partial charge is 0.481 e. The van der Waals surface area contributed by atoms with E-state index in [1.807, 2.05) is 19.0 Å². The third-order valence-electron chi connectivity index (χ3n) is 8.95. The van der Waals surface area contributed by atoms with Gasteiger partial charge in [-0.1, -0.05) is 12.1 Å². The van der Waals surface area contributed by atoms with Crippen LogP contribution in [0.1, 0.15) is 49.1 Å². The van der Waals surface area contributed by atoms with Crippen LogP contribution in [0.2, 0.25) is 0 Å². The number of piperidine rings is 1. The van der Waals surface area contributed by atoms with Crippen molar-refractivity contribution in [2.24, 2.45) is 5.92 Å². The summed E-state index contributed by atoms with van der Waals surface area (Å²) in [7, 11) is 3.62. The number of anilines is 2. The molecule has 0 aliphatic carbocycles. The lowest BCUT2D eigenvalue weighted by atomic mass is 9.93. The lowest BCUT2D eigenvalue weighted by Crippen LogP contribution is -2.44. The molecule has 1 aromatic carbocycles. The number of hydrogen-bond donors (Lipinski definition) is 4. The molecule has 3 amide bonds. The molecule has 2 saturated heterocycles. The number of carbonyl (C=O) groups excluding carboxylic acids is 2. The van der Waals surface area contributed by atoms with Crippen LogP contribution in [0, 0.1) is 5.92 Å². The first kappa shape index (κ1) is 38.5. The van der Waals surface area contributed by atoms with E-state index in [4.69, 9.17) is 5.11 Å². The van der Waals surface area contributed by atoms with Gasteiger partial charge in [0, 0.05) is 51.4 Å². The number of hydrogen-bond acceptors (Lipinski definition) is 8. The Morgan fingerprint density at radius 2 is 1.54 bits per heavy atom. The number of carbonyl (C=O) groups is 3. The zero-order chi connectivity index (χ0) is 36.6. The summed E-state index contributed by atoms with van der Waals surface area (Å²) in [6, 6.07) is 4.60. The van der Waals surface area contributed by atoms with Gasteiger partial charge in [-0.05, 0) is 69.8 Å². The molecule has 4 N–H and O–H groups in total. The fraction of sp³-hybridized carbons (Fsp3) is 0.594. The van der Waals surface area contributed by atoms with Gasteiger partial charge >= 0.3 is 24.4 Å². The number of urea groups is 1. The molecule has 12 nitrogen and oxygen atoms in total. The van der Waals surface area contributed by atoms with Crippen molar-refractivity contribution in [2.45, 2.75) is 63.0 Å². The lowest BCUT2D eigenvalue weighted by Gasteiger charge is -2.34. The minimum absolute atomic E-state index is 0.00488. The van der Waals surface area contributed by atoms with Crippen LogP contribution < -0.4 is 25.8 Å². The Hall–Kier alpha value is -4.35. The highest BCUT2D eigenvalue weighted by Gasteiger charge is 2.41. The summed E-state index contributed by atoms with van der Waals surface area (Å²) in [5, 5.41) is 16.6. The zero-order valence-electron chi connectivity index (χ0n) is 27.8. The van der Waals surface area contributed by atoms with Gasteiger partial charge in [-0.25, -0.2) is 14.8 Å². The van der Waals surface area contributed by atoms with E-state index in [1.54, 1.807) is 9.80 Å². The number of aliphatic carboxylic acids is 1. The molecular formula is C32H42F6N8O4. The molecule has 0 bridgehead atoms. The number of carboxylic acid groups (broad SMARTS) is 1. The summed E-state index contributed by atoms with van der Waals surface area (Å²) in [6.07, 6.45) is -7.01. The van der Waals surface area contributed by atoms with Gasteiger partial charge in [-0.15, -0.1) is 0 Å². The van der Waals surface area contributed by atoms with Crippen molar-refractivity contribution < 1.29 is 45.8 Å². The average molecular weight is 717 g/mol. The molecule has 0 radical (unpaired) electrons. The zero-order valence-corrected chi connectivity index (χ0v) is 27.8. The van der Waals surface area contributed by atoms with Crippen LogP contribution in [-0.4, -0.2) is 103 Å². The number of alkyl halides is 6. The van der Waals surface area contributed by atoms with Gasteiger partial charge in [0.25, 0.3) is 0 Å². The van der Waals surface area contributed by atoms with Crippen LogP contribution in [0.3, 0.4) is 0 Å². The van der Waals surface area contributed by atoms with Crippen LogP contribution in [0.25, 0.3) is 0 Å². The van der Waals surface area contributed by atoms with Crippen molar-refractivity contribution in [2.75, 3.05) is 63.2 Å². The summed E-state index contributed by atoms with van der Waals surface area (Å²) in [5.41, 5.74) is -0.194. The number of nitrogens with one attached hydrogen (secondary N) is 3. The second-order valence-corrected chi connectivity index (χ2v) is 12.7. The fourth-order valence-electron chi connectivity index (χ4n) is 6.04. The molecule has 2 atom stereocenters. The maximum absolute atomic E-state index is 14.1. The Bertz CT molecular complexity index is 1470. The SMILES string of the molecule is CN(C)[C@@H]1C[C@@H](C(=O)NCCc2ccc(C(F)(F)F)cc2)N(c2cc(N3CCC(CCNC(=O)NCCC(=O)O)CC3)nc(C(F)(F)F)n2)C1. The number of aromatic nitrogens is 2. The minimum Gasteiger partial charge on any atom is -0.481 e. The Morgan fingerprint density at radius 1 is 0.900 bits per heavy atom. The number of carboxylic acids is 1. The average Bonchev–Trinajstić information content (AvgIpc) is 3.51. The third-order valence-corrected chi connectivity index (χ3v) is 8.95. The van der Waals surface area contributed by atoms with Crippen LogP contribution in [0.4, 0.5) is 42.8 Å². The molecular weight excluding hydrogens is 674 g/mol. The van der Waals surface area contributed by atoms with Gasteiger partial charge in [0.15, 0.2) is 0 Å². The first-order chi connectivity index (χ1) is 23.5. The monoisotopic (exact) mass is 716 g/mol. The molecule has 4 rings (SSSR count). The van der Waals surface area contributed by atoms with Crippen molar-refractivity contribution >= 4 is 29.5 Å². The quantitative estimate of drug-likeness (QED) is 0.228. The van der Waals surface area contributed by atoms with Crippen LogP contribution in [0.15, 0.2) is 30.3 Å². The van der Waals surface area contributed by atoms with E-state index < -0.39 is 47.7 Å². The van der Waals surface area contributed by atoms with Gasteiger partial charge in [0.1, 0.15) is 17.7 Å². The van der Waals surface area contributed by atoms with Gasteiger partial charge in [-0.3, -0.25) is 9.59 Å². The molecule has 2 fully saturated rings. The van der Waals surface area contributed by atoms with Crippen molar-refractivity contribution in [3.05, 3.63) is 47.3 Å². The summed E-state index contributed by atoms with van der Waals surface area (Å²) >= 11 is 0. The predicted octanol–water partition coefficient (Wildman–Crippen LogP) is 3.76. The van der Waals surface area contributed by atoms with E-state index in [0.717, 1.165) is 12.1 Å². The van der Waals surface area contributed by atoms with Crippen LogP contribution in [-0.2, 0) is 28.4 Å². The predicted molar refractivity (Wildman–Crippen MR) is 172 cm³/mol. The third kappa shape index (κ3) is 10.8. The van der Waals surface area contributed by atoms with Gasteiger partial charge in [0.2, 0.25) is 11.7 Å². The Kier molecular flexibility index (Phi) is 12.7. The van der Waals surface area contributed by atoms with Crippen molar-refractivity contribution in [1.29, 1.82) is 0 Å². The van der Waals surface area contributed by atoms with E-state index in [1.165, 1.54) is 18.2 Å². The second kappa shape index (κ2) is 16.6. The molecule has 18 heteroatoms. The summed E-state index contributed by atoms with van der Waals surface area (Å²) < 4.78 is 80.9. The Balaban J connectivity index is 1.41. The molecule has 50 heavy (non-hydrogen) atoms. The standard InChI is InChI=1S/C32H42F6N8O4/c1-44(2)23-17-24(28(49)39-12-7-20-3-5-22(6-4-20)31(33,34)35)46(19-23)26-18-25(42-29(43-26)32(36,37)38)45-15-10-21(11-16-45)8-13-40-30(50)41-14-9-27(47)48/h3-6,18,21,23-24H,7-17,19H2,1-2H3,(H,39,49)(H,47,48)(H2,40,41,50)/t23-,24+/m1/s1. The maximum atomic E-state index is 14.1. The molecule has 3 heterocycles. The second-order valence-electron chi connectivity index (χ2n) is 12.7. The summed E-state index contributed by atoms with van der Waals surface area (Å²) in [6.45, 7) is 1.54. The number of nitrogens with zero attached hydrogens (tertiary/aromatic N) is 5. The summed E-state index contributed by atoms with van der Waals surface area (Å²) in [5.74, 6) is -2.52. The number of amides is 3. The number of halogens is 6. The number of benzene rings is 1.